The third-order valence-corrected chi connectivity index (χ3v) is 14.7. The molecule has 42 heavy (non-hydrogen) atoms. The number of hydrogen-bond acceptors (Lipinski definition) is 6. The number of carbonyl (C=O) groups excluding carboxylic acids is 2. The summed E-state index contributed by atoms with van der Waals surface area (Å²) in [7, 11) is 0.708. The average Bonchev–Trinajstić information content (AvgIpc) is 3.33. The average molecular weight is 596 g/mol. The second-order valence-electron chi connectivity index (χ2n) is 12.1. The Balaban J connectivity index is 2.16. The number of rotatable bonds is 15. The molecule has 3 rings (SSSR count). The Hall–Kier alpha value is -3.10. The van der Waals surface area contributed by atoms with Crippen LogP contribution in [0.2, 0.25) is 16.6 Å². The van der Waals surface area contributed by atoms with Crippen LogP contribution in [0.25, 0.3) is 0 Å². The molecule has 0 spiro atoms. The van der Waals surface area contributed by atoms with E-state index in [1.54, 1.807) is 14.2 Å². The van der Waals surface area contributed by atoms with Gasteiger partial charge >= 0.3 is 6.09 Å². The van der Waals surface area contributed by atoms with E-state index in [-0.39, 0.29) is 29.1 Å². The van der Waals surface area contributed by atoms with Crippen LogP contribution in [0.3, 0.4) is 0 Å². The fourth-order valence-electron chi connectivity index (χ4n) is 6.69. The van der Waals surface area contributed by atoms with Crippen LogP contribution in [0.1, 0.15) is 71.6 Å². The second kappa shape index (κ2) is 14.9. The molecule has 0 radical (unpaired) electrons. The molecule has 2 aromatic carbocycles. The monoisotopic (exact) mass is 595 g/mol. The van der Waals surface area contributed by atoms with Crippen LogP contribution in [0.5, 0.6) is 11.5 Å². The van der Waals surface area contributed by atoms with Crippen LogP contribution in [0, 0.1) is 5.92 Å². The van der Waals surface area contributed by atoms with Crippen LogP contribution >= 0.6 is 0 Å². The zero-order chi connectivity index (χ0) is 31.0. The van der Waals surface area contributed by atoms with E-state index in [1.807, 2.05) is 54.6 Å². The quantitative estimate of drug-likeness (QED) is 0.153. The molecular weight excluding hydrogens is 546 g/mol. The number of nitrogens with zero attached hydrogens (tertiary/aromatic N) is 1. The maximum atomic E-state index is 14.6. The van der Waals surface area contributed by atoms with Gasteiger partial charge in [0.15, 0.2) is 11.5 Å². The Morgan fingerprint density at radius 1 is 1.00 bits per heavy atom. The summed E-state index contributed by atoms with van der Waals surface area (Å²) in [6.07, 6.45) is 2.19. The molecule has 1 heterocycles. The van der Waals surface area contributed by atoms with E-state index >= 15 is 0 Å². The first-order valence-electron chi connectivity index (χ1n) is 15.1. The molecule has 1 aliphatic rings. The van der Waals surface area contributed by atoms with Crippen LogP contribution in [0.4, 0.5) is 4.79 Å². The largest absolute Gasteiger partial charge is 0.493 e. The highest BCUT2D eigenvalue weighted by Gasteiger charge is 2.50. The van der Waals surface area contributed by atoms with E-state index in [4.69, 9.17) is 18.6 Å². The molecule has 0 N–H and O–H groups in total. The van der Waals surface area contributed by atoms with Crippen molar-refractivity contribution in [1.82, 2.24) is 4.90 Å². The van der Waals surface area contributed by atoms with Crippen molar-refractivity contribution in [3.63, 3.8) is 0 Å². The lowest BCUT2D eigenvalue weighted by molar-refractivity contribution is -0.137. The number of benzene rings is 2. The van der Waals surface area contributed by atoms with E-state index in [9.17, 15) is 9.59 Å². The van der Waals surface area contributed by atoms with E-state index < -0.39 is 32.5 Å². The maximum Gasteiger partial charge on any atom is 0.416 e. The van der Waals surface area contributed by atoms with Crippen molar-refractivity contribution in [2.45, 2.75) is 89.6 Å². The first-order chi connectivity index (χ1) is 20.0. The smallest absolute Gasteiger partial charge is 0.416 e. The summed E-state index contributed by atoms with van der Waals surface area (Å²) < 4.78 is 24.1. The molecule has 7 nitrogen and oxygen atoms in total. The van der Waals surface area contributed by atoms with Gasteiger partial charge in [0.1, 0.15) is 6.61 Å². The van der Waals surface area contributed by atoms with Gasteiger partial charge in [-0.25, -0.2) is 9.69 Å². The van der Waals surface area contributed by atoms with E-state index in [0.29, 0.717) is 30.8 Å². The van der Waals surface area contributed by atoms with Gasteiger partial charge < -0.3 is 18.6 Å². The topological polar surface area (TPSA) is 74.3 Å². The van der Waals surface area contributed by atoms with Gasteiger partial charge in [0.2, 0.25) is 14.2 Å². The van der Waals surface area contributed by atoms with Gasteiger partial charge in [-0.15, -0.1) is 6.58 Å². The van der Waals surface area contributed by atoms with Crippen molar-refractivity contribution in [3.05, 3.63) is 72.3 Å². The van der Waals surface area contributed by atoms with E-state index in [0.717, 1.165) is 11.1 Å². The lowest BCUT2D eigenvalue weighted by Crippen LogP contribution is -2.51. The molecule has 0 aromatic heterocycles. The highest BCUT2D eigenvalue weighted by molar-refractivity contribution is 6.77. The zero-order valence-corrected chi connectivity index (χ0v) is 27.6. The molecule has 0 unspecified atom stereocenters. The minimum atomic E-state index is -2.49. The van der Waals surface area contributed by atoms with Crippen molar-refractivity contribution in [3.8, 4) is 11.5 Å². The first-order valence-corrected chi connectivity index (χ1v) is 17.2. The van der Waals surface area contributed by atoms with Crippen molar-refractivity contribution in [2.75, 3.05) is 20.8 Å². The molecular formula is C34H49NO6Si. The van der Waals surface area contributed by atoms with Crippen molar-refractivity contribution < 1.29 is 28.2 Å². The summed E-state index contributed by atoms with van der Waals surface area (Å²) in [6.45, 7) is 17.5. The minimum Gasteiger partial charge on any atom is -0.493 e. The number of allylic oxidation sites excluding steroid dienone is 1. The van der Waals surface area contributed by atoms with Crippen molar-refractivity contribution >= 4 is 20.3 Å². The standard InChI is InChI=1S/C34H49NO6Si/c1-10-11-17-29(33(36)35-28(22-40-34(35)37)20-26-15-13-12-14-16-26)32(27-18-19-30(38-8)31(21-27)39-9)41-42(23(2)3,24(4)5)25(6)7/h10,12-16,18-19,21,23-25,28-29,32H,1,11,17,20,22H2,2-9H3/t28-,29+,32+/m0/s1. The zero-order valence-electron chi connectivity index (χ0n) is 26.6. The number of hydrogen-bond donors (Lipinski definition) is 0. The fourth-order valence-corrected chi connectivity index (χ4v) is 12.2. The molecule has 1 aliphatic heterocycles. The van der Waals surface area contributed by atoms with Gasteiger partial charge in [-0.05, 0) is 59.1 Å². The van der Waals surface area contributed by atoms with Crippen molar-refractivity contribution in [1.29, 1.82) is 0 Å². The summed E-state index contributed by atoms with van der Waals surface area (Å²) in [6, 6.07) is 15.2. The Morgan fingerprint density at radius 3 is 2.17 bits per heavy atom. The summed E-state index contributed by atoms with van der Waals surface area (Å²) >= 11 is 0. The number of carbonyl (C=O) groups is 2. The third kappa shape index (κ3) is 7.09. The number of methoxy groups -OCH3 is 2. The Bertz CT molecular complexity index is 1180. The van der Waals surface area contributed by atoms with Crippen LogP contribution < -0.4 is 9.47 Å². The normalized spacial score (nSPS) is 17.0. The molecule has 0 aliphatic carbocycles. The predicted molar refractivity (Wildman–Crippen MR) is 169 cm³/mol. The Labute approximate surface area is 253 Å². The van der Waals surface area contributed by atoms with E-state index in [2.05, 4.69) is 48.1 Å². The third-order valence-electron chi connectivity index (χ3n) is 8.65. The Kier molecular flexibility index (Phi) is 11.8. The second-order valence-corrected chi connectivity index (χ2v) is 17.5. The Morgan fingerprint density at radius 2 is 1.62 bits per heavy atom. The van der Waals surface area contributed by atoms with Gasteiger partial charge in [0.25, 0.3) is 0 Å². The minimum absolute atomic E-state index is 0.165. The highest BCUT2D eigenvalue weighted by atomic mass is 28.4. The number of cyclic esters (lactones) is 1. The number of imide groups is 1. The maximum absolute atomic E-state index is 14.6. The molecule has 2 amide bonds. The summed E-state index contributed by atoms with van der Waals surface area (Å²) in [5.74, 6) is 0.236. The van der Waals surface area contributed by atoms with Gasteiger partial charge in [-0.2, -0.15) is 0 Å². The van der Waals surface area contributed by atoms with Crippen LogP contribution in [0.15, 0.2) is 61.2 Å². The lowest BCUT2D eigenvalue weighted by atomic mass is 9.89. The SMILES string of the molecule is C=CCC[C@@H](C(=O)N1C(=O)OC[C@@H]1Cc1ccccc1)[C@H](O[Si](C(C)C)(C(C)C)C(C)C)c1ccc(OC)c(OC)c1. The molecule has 1 fully saturated rings. The van der Waals surface area contributed by atoms with Gasteiger partial charge in [-0.3, -0.25) is 4.79 Å². The molecule has 2 aromatic rings. The molecule has 8 heteroatoms. The summed E-state index contributed by atoms with van der Waals surface area (Å²) in [4.78, 5) is 29.1. The predicted octanol–water partition coefficient (Wildman–Crippen LogP) is 8.11. The van der Waals surface area contributed by atoms with Gasteiger partial charge in [0.05, 0.1) is 32.3 Å². The highest BCUT2D eigenvalue weighted by Crippen LogP contribution is 2.48. The van der Waals surface area contributed by atoms with Gasteiger partial charge in [0, 0.05) is 0 Å². The number of amides is 2. The van der Waals surface area contributed by atoms with Gasteiger partial charge in [-0.1, -0.05) is 84.0 Å². The summed E-state index contributed by atoms with van der Waals surface area (Å²) in [5.41, 5.74) is 2.73. The molecule has 230 valence electrons. The fraction of sp³-hybridized carbons (Fsp3) is 0.529. The molecule has 0 bridgehead atoms. The van der Waals surface area contributed by atoms with Crippen LogP contribution in [-0.4, -0.2) is 52.1 Å². The lowest BCUT2D eigenvalue weighted by Gasteiger charge is -2.46. The van der Waals surface area contributed by atoms with Crippen LogP contribution in [-0.2, 0) is 20.4 Å². The molecule has 3 atom stereocenters. The molecule has 1 saturated heterocycles. The van der Waals surface area contributed by atoms with E-state index in [1.165, 1.54) is 4.90 Å². The summed E-state index contributed by atoms with van der Waals surface area (Å²) in [5, 5.41) is 0. The van der Waals surface area contributed by atoms with Crippen molar-refractivity contribution in [2.24, 2.45) is 5.92 Å². The first kappa shape index (κ1) is 33.4. The molecule has 0 saturated carbocycles. The number of ether oxygens (including phenoxy) is 3.